The first-order valence-corrected chi connectivity index (χ1v) is 5.47. The fraction of sp³-hybridized carbons (Fsp3) is 0.818. The highest BCUT2D eigenvalue weighted by molar-refractivity contribution is 6.05. The van der Waals surface area contributed by atoms with E-state index in [1.807, 2.05) is 6.92 Å². The van der Waals surface area contributed by atoms with Crippen LogP contribution < -0.4 is 5.32 Å². The maximum Gasteiger partial charge on any atom is 0.145 e. The van der Waals surface area contributed by atoms with Crippen LogP contribution in [0.3, 0.4) is 0 Å². The summed E-state index contributed by atoms with van der Waals surface area (Å²) in [5, 5.41) is 3.26. The van der Waals surface area contributed by atoms with Crippen molar-refractivity contribution in [1.82, 2.24) is 5.32 Å². The maximum absolute atomic E-state index is 11.7. The minimum absolute atomic E-state index is 0.141. The van der Waals surface area contributed by atoms with Crippen molar-refractivity contribution < 1.29 is 9.59 Å². The molecule has 3 nitrogen and oxygen atoms in total. The molecule has 0 spiro atoms. The van der Waals surface area contributed by atoms with Gasteiger partial charge in [-0.05, 0) is 25.3 Å². The van der Waals surface area contributed by atoms with Crippen molar-refractivity contribution in [3.63, 3.8) is 0 Å². The van der Waals surface area contributed by atoms with E-state index < -0.39 is 0 Å². The summed E-state index contributed by atoms with van der Waals surface area (Å²) in [5.41, 5.74) is 0. The molecule has 2 fully saturated rings. The van der Waals surface area contributed by atoms with Crippen LogP contribution in [-0.4, -0.2) is 24.2 Å². The van der Waals surface area contributed by atoms with Crippen molar-refractivity contribution in [2.24, 2.45) is 11.8 Å². The largest absolute Gasteiger partial charge is 0.313 e. The Morgan fingerprint density at radius 3 is 2.36 bits per heavy atom. The van der Waals surface area contributed by atoms with Gasteiger partial charge in [-0.15, -0.1) is 0 Å². The summed E-state index contributed by atoms with van der Waals surface area (Å²) in [4.78, 5) is 23.5. The highest BCUT2D eigenvalue weighted by Gasteiger charge is 2.39. The number of carbonyl (C=O) groups excluding carboxylic acids is 2. The zero-order valence-electron chi connectivity index (χ0n) is 8.58. The Labute approximate surface area is 84.2 Å². The third kappa shape index (κ3) is 1.73. The van der Waals surface area contributed by atoms with Gasteiger partial charge in [-0.3, -0.25) is 9.59 Å². The van der Waals surface area contributed by atoms with Gasteiger partial charge in [0.2, 0.25) is 0 Å². The molecule has 0 amide bonds. The van der Waals surface area contributed by atoms with E-state index >= 15 is 0 Å². The molecule has 0 aromatic heterocycles. The molecule has 78 valence electrons. The molecule has 1 N–H and O–H groups in total. The van der Waals surface area contributed by atoms with E-state index in [0.29, 0.717) is 12.8 Å². The van der Waals surface area contributed by atoms with E-state index in [0.717, 1.165) is 19.4 Å². The van der Waals surface area contributed by atoms with Gasteiger partial charge in [-0.2, -0.15) is 0 Å². The van der Waals surface area contributed by atoms with Gasteiger partial charge >= 0.3 is 0 Å². The monoisotopic (exact) mass is 195 g/mol. The average molecular weight is 195 g/mol. The van der Waals surface area contributed by atoms with Crippen molar-refractivity contribution in [1.29, 1.82) is 0 Å². The standard InChI is InChI=1S/C11H17NO2/c1-7-5-9(13)11(10(14)6-7)8-3-2-4-12-8/h7-8,11-12H,2-6H2,1H3. The quantitative estimate of drug-likeness (QED) is 0.633. The van der Waals surface area contributed by atoms with Crippen molar-refractivity contribution >= 4 is 11.6 Å². The van der Waals surface area contributed by atoms with Gasteiger partial charge in [0.1, 0.15) is 11.6 Å². The van der Waals surface area contributed by atoms with E-state index in [1.165, 1.54) is 0 Å². The van der Waals surface area contributed by atoms with Gasteiger partial charge in [0, 0.05) is 18.9 Å². The third-order valence-electron chi connectivity index (χ3n) is 3.29. The summed E-state index contributed by atoms with van der Waals surface area (Å²) < 4.78 is 0. The van der Waals surface area contributed by atoms with E-state index in [1.54, 1.807) is 0 Å². The first-order valence-electron chi connectivity index (χ1n) is 5.47. The van der Waals surface area contributed by atoms with Crippen LogP contribution in [0.1, 0.15) is 32.6 Å². The SMILES string of the molecule is CC1CC(=O)C(C2CCCN2)C(=O)C1. The molecule has 1 aliphatic carbocycles. The average Bonchev–Trinajstić information content (AvgIpc) is 2.54. The number of hydrogen-bond donors (Lipinski definition) is 1. The lowest BCUT2D eigenvalue weighted by Gasteiger charge is -2.28. The molecular formula is C11H17NO2. The van der Waals surface area contributed by atoms with Crippen molar-refractivity contribution in [2.45, 2.75) is 38.6 Å². The maximum atomic E-state index is 11.7. The molecule has 1 saturated carbocycles. The second kappa shape index (κ2) is 3.81. The van der Waals surface area contributed by atoms with Crippen LogP contribution in [0.4, 0.5) is 0 Å². The number of nitrogens with one attached hydrogen (secondary N) is 1. The zero-order valence-corrected chi connectivity index (χ0v) is 8.58. The van der Waals surface area contributed by atoms with Crippen LogP contribution in [0.15, 0.2) is 0 Å². The highest BCUT2D eigenvalue weighted by atomic mass is 16.2. The van der Waals surface area contributed by atoms with Crippen LogP contribution in [-0.2, 0) is 9.59 Å². The molecule has 0 aromatic carbocycles. The summed E-state index contributed by atoms with van der Waals surface area (Å²) in [5.74, 6) is 0.252. The van der Waals surface area contributed by atoms with E-state index in [4.69, 9.17) is 0 Å². The predicted octanol–water partition coefficient (Wildman–Crippen LogP) is 0.923. The van der Waals surface area contributed by atoms with Crippen LogP contribution in [0.2, 0.25) is 0 Å². The number of hydrogen-bond acceptors (Lipinski definition) is 3. The Hall–Kier alpha value is -0.700. The van der Waals surface area contributed by atoms with Crippen molar-refractivity contribution in [3.05, 3.63) is 0 Å². The normalized spacial score (nSPS) is 39.1. The van der Waals surface area contributed by atoms with E-state index in [2.05, 4.69) is 5.32 Å². The second-order valence-corrected chi connectivity index (χ2v) is 4.63. The molecule has 3 heteroatoms. The Morgan fingerprint density at radius 1 is 1.21 bits per heavy atom. The molecule has 1 aliphatic heterocycles. The molecular weight excluding hydrogens is 178 g/mol. The van der Waals surface area contributed by atoms with E-state index in [9.17, 15) is 9.59 Å². The van der Waals surface area contributed by atoms with Gasteiger partial charge in [-0.25, -0.2) is 0 Å². The molecule has 0 radical (unpaired) electrons. The molecule has 1 unspecified atom stereocenters. The second-order valence-electron chi connectivity index (χ2n) is 4.63. The fourth-order valence-electron chi connectivity index (χ4n) is 2.64. The molecule has 1 heterocycles. The topological polar surface area (TPSA) is 46.2 Å². The highest BCUT2D eigenvalue weighted by Crippen LogP contribution is 2.28. The van der Waals surface area contributed by atoms with Crippen LogP contribution >= 0.6 is 0 Å². The zero-order chi connectivity index (χ0) is 10.1. The molecule has 1 atom stereocenters. The first-order chi connectivity index (χ1) is 6.68. The van der Waals surface area contributed by atoms with Crippen molar-refractivity contribution in [2.75, 3.05) is 6.54 Å². The summed E-state index contributed by atoms with van der Waals surface area (Å²) in [6.07, 6.45) is 3.26. The molecule has 14 heavy (non-hydrogen) atoms. The lowest BCUT2D eigenvalue weighted by atomic mass is 9.77. The third-order valence-corrected chi connectivity index (χ3v) is 3.29. The van der Waals surface area contributed by atoms with Gasteiger partial charge in [0.05, 0.1) is 5.92 Å². The summed E-state index contributed by atoms with van der Waals surface area (Å²) in [6.45, 7) is 2.94. The molecule has 0 bridgehead atoms. The summed E-state index contributed by atoms with van der Waals surface area (Å²) in [6, 6.07) is 0.141. The van der Waals surface area contributed by atoms with Crippen molar-refractivity contribution in [3.8, 4) is 0 Å². The molecule has 2 rings (SSSR count). The minimum Gasteiger partial charge on any atom is -0.313 e. The van der Waals surface area contributed by atoms with Crippen LogP contribution in [0.25, 0.3) is 0 Å². The molecule has 2 aliphatic rings. The lowest BCUT2D eigenvalue weighted by Crippen LogP contribution is -2.44. The van der Waals surface area contributed by atoms with Gasteiger partial charge in [0.15, 0.2) is 0 Å². The molecule has 1 saturated heterocycles. The summed E-state index contributed by atoms with van der Waals surface area (Å²) in [7, 11) is 0. The first kappa shape index (κ1) is 9.84. The predicted molar refractivity (Wildman–Crippen MR) is 52.9 cm³/mol. The lowest BCUT2D eigenvalue weighted by molar-refractivity contribution is -0.138. The van der Waals surface area contributed by atoms with Crippen LogP contribution in [0, 0.1) is 11.8 Å². The number of carbonyl (C=O) groups is 2. The smallest absolute Gasteiger partial charge is 0.145 e. The Morgan fingerprint density at radius 2 is 1.86 bits per heavy atom. The Bertz CT molecular complexity index is 238. The summed E-state index contributed by atoms with van der Waals surface area (Å²) >= 11 is 0. The van der Waals surface area contributed by atoms with Crippen LogP contribution in [0.5, 0.6) is 0 Å². The minimum atomic E-state index is -0.325. The van der Waals surface area contributed by atoms with Gasteiger partial charge < -0.3 is 5.32 Å². The van der Waals surface area contributed by atoms with Gasteiger partial charge in [-0.1, -0.05) is 6.92 Å². The van der Waals surface area contributed by atoms with E-state index in [-0.39, 0.29) is 29.4 Å². The molecule has 0 aromatic rings. The van der Waals surface area contributed by atoms with Gasteiger partial charge in [0.25, 0.3) is 0 Å². The Kier molecular flexibility index (Phi) is 2.68. The number of rotatable bonds is 1. The number of ketones is 2. The Balaban J connectivity index is 2.08. The number of Topliss-reactive ketones (excluding diaryl/α,β-unsaturated/α-hetero) is 2. The fourth-order valence-corrected chi connectivity index (χ4v) is 2.64.